The molecule has 0 fully saturated rings. The van der Waals surface area contributed by atoms with Crippen molar-refractivity contribution in [3.63, 3.8) is 0 Å². The van der Waals surface area contributed by atoms with Crippen LogP contribution in [-0.2, 0) is 19.5 Å². The summed E-state index contributed by atoms with van der Waals surface area (Å²) in [6.45, 7) is 5.04. The van der Waals surface area contributed by atoms with E-state index in [4.69, 9.17) is 10.5 Å². The minimum Gasteiger partial charge on any atom is -0.496 e. The summed E-state index contributed by atoms with van der Waals surface area (Å²) in [6.07, 6.45) is 4.73. The van der Waals surface area contributed by atoms with Gasteiger partial charge in [0, 0.05) is 19.3 Å². The van der Waals surface area contributed by atoms with Gasteiger partial charge in [0.1, 0.15) is 17.0 Å². The van der Waals surface area contributed by atoms with Gasteiger partial charge in [0.05, 0.1) is 19.2 Å². The molecule has 4 rings (SSSR count). The number of methoxy groups -OCH3 is 1. The van der Waals surface area contributed by atoms with Gasteiger partial charge in [-0.15, -0.1) is 0 Å². The maximum Gasteiger partial charge on any atom is 0.264 e. The number of hydrogen-bond donors (Lipinski definition) is 3. The molecule has 0 saturated carbocycles. The number of nitrogens with one attached hydrogen (secondary N) is 2. The van der Waals surface area contributed by atoms with Crippen LogP contribution in [-0.4, -0.2) is 34.7 Å². The van der Waals surface area contributed by atoms with E-state index in [0.29, 0.717) is 23.3 Å². The van der Waals surface area contributed by atoms with Crippen molar-refractivity contribution in [2.24, 2.45) is 0 Å². The molecule has 3 heterocycles. The highest BCUT2D eigenvalue weighted by Gasteiger charge is 2.17. The van der Waals surface area contributed by atoms with Gasteiger partial charge in [-0.25, -0.2) is 4.98 Å². The zero-order valence-corrected chi connectivity index (χ0v) is 17.5. The lowest BCUT2D eigenvalue weighted by atomic mass is 9.97. The van der Waals surface area contributed by atoms with E-state index in [2.05, 4.69) is 33.6 Å². The molecule has 0 atom stereocenters. The molecule has 0 spiro atoms. The first-order valence-electron chi connectivity index (χ1n) is 10.4. The van der Waals surface area contributed by atoms with Crippen molar-refractivity contribution < 1.29 is 4.74 Å². The number of hydrogen-bond acceptors (Lipinski definition) is 7. The highest BCUT2D eigenvalue weighted by atomic mass is 16.5. The first-order chi connectivity index (χ1) is 14.6. The summed E-state index contributed by atoms with van der Waals surface area (Å²) in [5.74, 6) is 1.54. The first kappa shape index (κ1) is 20.2. The highest BCUT2D eigenvalue weighted by molar-refractivity contribution is 5.89. The second-order valence-corrected chi connectivity index (χ2v) is 7.58. The average Bonchev–Trinajstić information content (AvgIpc) is 2.75. The molecule has 0 saturated heterocycles. The first-order valence-corrected chi connectivity index (χ1v) is 10.4. The molecule has 1 aliphatic heterocycles. The third-order valence-corrected chi connectivity index (χ3v) is 5.47. The molecule has 30 heavy (non-hydrogen) atoms. The summed E-state index contributed by atoms with van der Waals surface area (Å²) in [6, 6.07) is 6.00. The van der Waals surface area contributed by atoms with Crippen LogP contribution in [0.2, 0.25) is 0 Å². The van der Waals surface area contributed by atoms with E-state index in [1.807, 2.05) is 12.1 Å². The van der Waals surface area contributed by atoms with Gasteiger partial charge < -0.3 is 25.7 Å². The van der Waals surface area contributed by atoms with Crippen LogP contribution in [0.4, 0.5) is 11.8 Å². The topological polar surface area (TPSA) is 107 Å². The van der Waals surface area contributed by atoms with Gasteiger partial charge in [-0.2, -0.15) is 4.98 Å². The summed E-state index contributed by atoms with van der Waals surface area (Å²) >= 11 is 0. The molecule has 8 heteroatoms. The number of nitrogen functional groups attached to an aromatic ring is 1. The van der Waals surface area contributed by atoms with Crippen molar-refractivity contribution in [3.8, 4) is 5.75 Å². The number of pyridine rings is 1. The number of benzene rings is 1. The van der Waals surface area contributed by atoms with E-state index >= 15 is 0 Å². The molecule has 0 unspecified atom stereocenters. The molecule has 0 radical (unpaired) electrons. The lowest BCUT2D eigenvalue weighted by Crippen LogP contribution is -2.25. The van der Waals surface area contributed by atoms with Crippen molar-refractivity contribution in [2.75, 3.05) is 31.2 Å². The minimum atomic E-state index is -0.138. The van der Waals surface area contributed by atoms with E-state index < -0.39 is 0 Å². The monoisotopic (exact) mass is 408 g/mol. The number of ether oxygens (including phenoxy) is 1. The zero-order valence-electron chi connectivity index (χ0n) is 17.5. The number of anilines is 2. The Morgan fingerprint density at radius 3 is 3.00 bits per heavy atom. The Morgan fingerprint density at radius 2 is 2.20 bits per heavy atom. The number of nitrogens with zero attached hydrogens (tertiary/aromatic N) is 3. The molecular weight excluding hydrogens is 380 g/mol. The van der Waals surface area contributed by atoms with E-state index in [0.717, 1.165) is 50.2 Å². The van der Waals surface area contributed by atoms with Crippen LogP contribution in [0, 0.1) is 0 Å². The van der Waals surface area contributed by atoms with E-state index in [1.165, 1.54) is 11.1 Å². The molecule has 1 aromatic carbocycles. The SMILES string of the molecule is CCCCNc1nc(N)nc2ccn(Cc3cc4c(c(OC)c3)CCNC4)c(=O)c12. The van der Waals surface area contributed by atoms with Crippen LogP contribution >= 0.6 is 0 Å². The van der Waals surface area contributed by atoms with Gasteiger partial charge in [-0.05, 0) is 48.2 Å². The lowest BCUT2D eigenvalue weighted by Gasteiger charge is -2.21. The van der Waals surface area contributed by atoms with Crippen LogP contribution in [0.3, 0.4) is 0 Å². The Hall–Kier alpha value is -3.13. The molecule has 1 aliphatic rings. The second kappa shape index (κ2) is 8.71. The Balaban J connectivity index is 1.73. The second-order valence-electron chi connectivity index (χ2n) is 7.58. The predicted octanol–water partition coefficient (Wildman–Crippen LogP) is 2.29. The van der Waals surface area contributed by atoms with Crippen LogP contribution in [0.15, 0.2) is 29.2 Å². The summed E-state index contributed by atoms with van der Waals surface area (Å²) in [5, 5.41) is 7.11. The van der Waals surface area contributed by atoms with Gasteiger partial charge in [-0.3, -0.25) is 4.79 Å². The number of aromatic nitrogens is 3. The van der Waals surface area contributed by atoms with Crippen LogP contribution in [0.1, 0.15) is 36.5 Å². The normalized spacial score (nSPS) is 13.3. The molecule has 2 aromatic heterocycles. The number of unbranched alkanes of at least 4 members (excludes halogenated alkanes) is 1. The maximum atomic E-state index is 13.3. The Bertz CT molecular complexity index is 1110. The van der Waals surface area contributed by atoms with Crippen LogP contribution in [0.25, 0.3) is 10.9 Å². The van der Waals surface area contributed by atoms with Crippen molar-refractivity contribution in [2.45, 2.75) is 39.3 Å². The van der Waals surface area contributed by atoms with Gasteiger partial charge in [0.2, 0.25) is 5.95 Å². The van der Waals surface area contributed by atoms with Gasteiger partial charge in [0.15, 0.2) is 0 Å². The molecule has 8 nitrogen and oxygen atoms in total. The van der Waals surface area contributed by atoms with Gasteiger partial charge in [0.25, 0.3) is 5.56 Å². The van der Waals surface area contributed by atoms with Crippen molar-refractivity contribution >= 4 is 22.7 Å². The molecule has 158 valence electrons. The predicted molar refractivity (Wildman–Crippen MR) is 119 cm³/mol. The Kier molecular flexibility index (Phi) is 5.85. The fraction of sp³-hybridized carbons (Fsp3) is 0.409. The van der Waals surface area contributed by atoms with E-state index in [1.54, 1.807) is 17.9 Å². The van der Waals surface area contributed by atoms with Crippen molar-refractivity contribution in [1.29, 1.82) is 0 Å². The third-order valence-electron chi connectivity index (χ3n) is 5.47. The number of fused-ring (bicyclic) bond motifs is 2. The van der Waals surface area contributed by atoms with Crippen LogP contribution in [0.5, 0.6) is 5.75 Å². The Labute approximate surface area is 175 Å². The quantitative estimate of drug-likeness (QED) is 0.515. The molecule has 0 amide bonds. The number of nitrogens with two attached hydrogens (primary N) is 1. The fourth-order valence-corrected chi connectivity index (χ4v) is 3.95. The fourth-order valence-electron chi connectivity index (χ4n) is 3.95. The molecule has 0 bridgehead atoms. The summed E-state index contributed by atoms with van der Waals surface area (Å²) in [4.78, 5) is 21.8. The largest absolute Gasteiger partial charge is 0.496 e. The third kappa shape index (κ3) is 3.95. The van der Waals surface area contributed by atoms with Crippen molar-refractivity contribution in [3.05, 3.63) is 51.4 Å². The lowest BCUT2D eigenvalue weighted by molar-refractivity contribution is 0.405. The van der Waals surface area contributed by atoms with E-state index in [-0.39, 0.29) is 11.5 Å². The van der Waals surface area contributed by atoms with E-state index in [9.17, 15) is 4.79 Å². The number of rotatable bonds is 7. The zero-order chi connectivity index (χ0) is 21.1. The summed E-state index contributed by atoms with van der Waals surface area (Å²) in [5.41, 5.74) is 9.75. The smallest absolute Gasteiger partial charge is 0.264 e. The summed E-state index contributed by atoms with van der Waals surface area (Å²) in [7, 11) is 1.69. The minimum absolute atomic E-state index is 0.138. The van der Waals surface area contributed by atoms with Crippen molar-refractivity contribution in [1.82, 2.24) is 19.9 Å². The molecular formula is C22H28N6O2. The standard InChI is InChI=1S/C22H28N6O2/c1-3-4-7-25-20-19-17(26-22(23)27-20)6-9-28(21(19)29)13-14-10-15-12-24-8-5-16(15)18(11-14)30-2/h6,9-11,24H,3-5,7-8,12-13H2,1-2H3,(H3,23,25,26,27). The highest BCUT2D eigenvalue weighted by Crippen LogP contribution is 2.28. The maximum absolute atomic E-state index is 13.3. The van der Waals surface area contributed by atoms with Gasteiger partial charge >= 0.3 is 0 Å². The Morgan fingerprint density at radius 1 is 1.33 bits per heavy atom. The average molecular weight is 409 g/mol. The molecule has 4 N–H and O–H groups in total. The van der Waals surface area contributed by atoms with Crippen LogP contribution < -0.4 is 26.7 Å². The van der Waals surface area contributed by atoms with Gasteiger partial charge in [-0.1, -0.05) is 19.4 Å². The summed E-state index contributed by atoms with van der Waals surface area (Å²) < 4.78 is 7.30. The molecule has 0 aliphatic carbocycles. The molecule has 3 aromatic rings.